The summed E-state index contributed by atoms with van der Waals surface area (Å²) in [6.07, 6.45) is 10.0. The van der Waals surface area contributed by atoms with Crippen molar-refractivity contribution in [1.29, 1.82) is 0 Å². The molecule has 0 aromatic carbocycles. The van der Waals surface area contributed by atoms with Crippen molar-refractivity contribution in [2.75, 3.05) is 13.2 Å². The number of rotatable bonds is 15. The Balaban J connectivity index is 0. The van der Waals surface area contributed by atoms with E-state index in [9.17, 15) is 9.59 Å². The highest BCUT2D eigenvalue weighted by Gasteiger charge is 2.02. The van der Waals surface area contributed by atoms with Gasteiger partial charge in [0.2, 0.25) is 0 Å². The van der Waals surface area contributed by atoms with Crippen molar-refractivity contribution in [3.8, 4) is 0 Å². The molecule has 0 fully saturated rings. The minimum atomic E-state index is -0.728. The molecule has 0 unspecified atom stereocenters. The average molecular weight is 320 g/mol. The molecular formula is C16H32O6. The Morgan fingerprint density at radius 2 is 1.23 bits per heavy atom. The number of carboxylic acids is 1. The Hall–Kier alpha value is -1.14. The molecule has 0 rings (SSSR count). The number of aliphatic hydroxyl groups is 1. The average Bonchev–Trinajstić information content (AvgIpc) is 2.45. The number of carboxylic acid groups (broad SMARTS) is 1. The molecule has 0 radical (unpaired) electrons. The fourth-order valence-electron chi connectivity index (χ4n) is 2.08. The highest BCUT2D eigenvalue weighted by Crippen LogP contribution is 2.09. The van der Waals surface area contributed by atoms with Gasteiger partial charge in [0.25, 0.3) is 0 Å². The molecule has 0 saturated heterocycles. The Morgan fingerprint density at radius 1 is 0.727 bits per heavy atom. The van der Waals surface area contributed by atoms with Gasteiger partial charge in [-0.3, -0.25) is 9.59 Å². The Bertz CT molecular complexity index is 267. The molecule has 0 aromatic heterocycles. The molecule has 0 spiro atoms. The van der Waals surface area contributed by atoms with E-state index in [2.05, 4.69) is 0 Å². The summed E-state index contributed by atoms with van der Waals surface area (Å²) in [6, 6.07) is 0. The smallest absolute Gasteiger partial charge is 0.305 e. The standard InChI is InChI=1S/C16H30O5.H2O/c17-13-9-5-6-10-14-21-16(20)12-8-4-2-1-3-7-11-15(18)19;/h17H,1-14H2,(H,18,19);1H2. The highest BCUT2D eigenvalue weighted by atomic mass is 16.5. The van der Waals surface area contributed by atoms with Gasteiger partial charge in [-0.1, -0.05) is 32.1 Å². The first-order valence-corrected chi connectivity index (χ1v) is 8.15. The molecule has 0 atom stereocenters. The van der Waals surface area contributed by atoms with E-state index in [1.165, 1.54) is 0 Å². The predicted octanol–water partition coefficient (Wildman–Crippen LogP) is 2.46. The summed E-state index contributed by atoms with van der Waals surface area (Å²) in [5.41, 5.74) is 0. The third-order valence-electron chi connectivity index (χ3n) is 3.34. The van der Waals surface area contributed by atoms with E-state index in [0.29, 0.717) is 13.0 Å². The molecule has 4 N–H and O–H groups in total. The minimum Gasteiger partial charge on any atom is -0.481 e. The van der Waals surface area contributed by atoms with Crippen LogP contribution in [0.25, 0.3) is 0 Å². The molecule has 0 saturated carbocycles. The normalized spacial score (nSPS) is 10.0. The summed E-state index contributed by atoms with van der Waals surface area (Å²) >= 11 is 0. The Morgan fingerprint density at radius 3 is 1.82 bits per heavy atom. The topological polar surface area (TPSA) is 115 Å². The van der Waals surface area contributed by atoms with E-state index in [1.54, 1.807) is 0 Å². The van der Waals surface area contributed by atoms with Crippen molar-refractivity contribution in [2.45, 2.75) is 77.0 Å². The first-order chi connectivity index (χ1) is 10.2. The lowest BCUT2D eigenvalue weighted by Gasteiger charge is -2.05. The second-order valence-electron chi connectivity index (χ2n) is 5.37. The summed E-state index contributed by atoms with van der Waals surface area (Å²) in [5.74, 6) is -0.850. The van der Waals surface area contributed by atoms with Crippen LogP contribution in [0.4, 0.5) is 0 Å². The molecular weight excluding hydrogens is 288 g/mol. The van der Waals surface area contributed by atoms with Crippen LogP contribution in [-0.2, 0) is 14.3 Å². The lowest BCUT2D eigenvalue weighted by molar-refractivity contribution is -0.144. The summed E-state index contributed by atoms with van der Waals surface area (Å²) in [5, 5.41) is 17.1. The van der Waals surface area contributed by atoms with Gasteiger partial charge in [-0.2, -0.15) is 0 Å². The van der Waals surface area contributed by atoms with Crippen molar-refractivity contribution in [1.82, 2.24) is 0 Å². The number of carbonyl (C=O) groups excluding carboxylic acids is 1. The van der Waals surface area contributed by atoms with E-state index in [-0.39, 0.29) is 24.5 Å². The SMILES string of the molecule is O.O=C(O)CCCCCCCCC(=O)OCCCCCCO. The van der Waals surface area contributed by atoms with Crippen LogP contribution in [-0.4, -0.2) is 40.8 Å². The fraction of sp³-hybridized carbons (Fsp3) is 0.875. The number of ether oxygens (including phenoxy) is 1. The first-order valence-electron chi connectivity index (χ1n) is 8.15. The van der Waals surface area contributed by atoms with Gasteiger partial charge in [-0.05, 0) is 32.1 Å². The number of hydrogen-bond donors (Lipinski definition) is 2. The lowest BCUT2D eigenvalue weighted by Crippen LogP contribution is -2.05. The van der Waals surface area contributed by atoms with Crippen molar-refractivity contribution in [3.05, 3.63) is 0 Å². The van der Waals surface area contributed by atoms with Crippen molar-refractivity contribution in [3.63, 3.8) is 0 Å². The number of unbranched alkanes of at least 4 members (excludes halogenated alkanes) is 8. The molecule has 0 amide bonds. The molecule has 6 nitrogen and oxygen atoms in total. The summed E-state index contributed by atoms with van der Waals surface area (Å²) in [7, 11) is 0. The number of aliphatic hydroxyl groups excluding tert-OH is 1. The maximum Gasteiger partial charge on any atom is 0.305 e. The zero-order valence-electron chi connectivity index (χ0n) is 13.5. The number of hydrogen-bond acceptors (Lipinski definition) is 4. The van der Waals surface area contributed by atoms with Crippen LogP contribution in [0.3, 0.4) is 0 Å². The Kier molecular flexibility index (Phi) is 18.8. The molecule has 0 bridgehead atoms. The molecule has 0 aliphatic carbocycles. The lowest BCUT2D eigenvalue weighted by atomic mass is 10.1. The highest BCUT2D eigenvalue weighted by molar-refractivity contribution is 5.69. The maximum absolute atomic E-state index is 11.4. The third kappa shape index (κ3) is 18.9. The zero-order chi connectivity index (χ0) is 15.8. The first kappa shape index (κ1) is 23.1. The van der Waals surface area contributed by atoms with E-state index < -0.39 is 5.97 Å². The van der Waals surface area contributed by atoms with Gasteiger partial charge >= 0.3 is 11.9 Å². The molecule has 6 heteroatoms. The van der Waals surface area contributed by atoms with Crippen LogP contribution < -0.4 is 0 Å². The second-order valence-corrected chi connectivity index (χ2v) is 5.37. The Labute approximate surface area is 133 Å². The van der Waals surface area contributed by atoms with E-state index in [4.69, 9.17) is 14.9 Å². The molecule has 22 heavy (non-hydrogen) atoms. The summed E-state index contributed by atoms with van der Waals surface area (Å²) in [6.45, 7) is 0.718. The van der Waals surface area contributed by atoms with Gasteiger partial charge in [0.1, 0.15) is 0 Å². The minimum absolute atomic E-state index is 0. The second kappa shape index (κ2) is 17.9. The van der Waals surface area contributed by atoms with Gasteiger partial charge in [-0.25, -0.2) is 0 Å². The van der Waals surface area contributed by atoms with Crippen molar-refractivity contribution in [2.24, 2.45) is 0 Å². The molecule has 132 valence electrons. The van der Waals surface area contributed by atoms with E-state index in [0.717, 1.165) is 64.2 Å². The number of esters is 1. The van der Waals surface area contributed by atoms with Gasteiger partial charge in [-0.15, -0.1) is 0 Å². The fourth-order valence-corrected chi connectivity index (χ4v) is 2.08. The van der Waals surface area contributed by atoms with Gasteiger partial charge < -0.3 is 20.4 Å². The molecule has 0 aliphatic heterocycles. The van der Waals surface area contributed by atoms with E-state index >= 15 is 0 Å². The molecule has 0 aromatic rings. The van der Waals surface area contributed by atoms with Crippen LogP contribution in [0, 0.1) is 0 Å². The summed E-state index contributed by atoms with van der Waals surface area (Å²) < 4.78 is 5.13. The van der Waals surface area contributed by atoms with Crippen LogP contribution in [0.5, 0.6) is 0 Å². The summed E-state index contributed by atoms with van der Waals surface area (Å²) in [4.78, 5) is 21.7. The van der Waals surface area contributed by atoms with Crippen molar-refractivity contribution >= 4 is 11.9 Å². The largest absolute Gasteiger partial charge is 0.481 e. The van der Waals surface area contributed by atoms with E-state index in [1.807, 2.05) is 0 Å². The van der Waals surface area contributed by atoms with Crippen molar-refractivity contribution < 1.29 is 30.0 Å². The molecule has 0 heterocycles. The van der Waals surface area contributed by atoms with Gasteiger partial charge in [0, 0.05) is 19.4 Å². The van der Waals surface area contributed by atoms with Crippen LogP contribution in [0.2, 0.25) is 0 Å². The monoisotopic (exact) mass is 320 g/mol. The number of aliphatic carboxylic acids is 1. The van der Waals surface area contributed by atoms with Crippen LogP contribution in [0.15, 0.2) is 0 Å². The maximum atomic E-state index is 11.4. The van der Waals surface area contributed by atoms with Crippen LogP contribution in [0.1, 0.15) is 77.0 Å². The number of carbonyl (C=O) groups is 2. The third-order valence-corrected chi connectivity index (χ3v) is 3.34. The van der Waals surface area contributed by atoms with Gasteiger partial charge in [0.15, 0.2) is 0 Å². The predicted molar refractivity (Wildman–Crippen MR) is 84.7 cm³/mol. The quantitative estimate of drug-likeness (QED) is 0.355. The van der Waals surface area contributed by atoms with Gasteiger partial charge in [0.05, 0.1) is 6.61 Å². The zero-order valence-corrected chi connectivity index (χ0v) is 13.5. The molecule has 0 aliphatic rings. The van der Waals surface area contributed by atoms with Crippen LogP contribution >= 0.6 is 0 Å².